The van der Waals surface area contributed by atoms with Gasteiger partial charge in [-0.2, -0.15) is 11.8 Å². The van der Waals surface area contributed by atoms with Gasteiger partial charge in [0.1, 0.15) is 0 Å². The summed E-state index contributed by atoms with van der Waals surface area (Å²) in [6.07, 6.45) is 4.79. The molecule has 1 atom stereocenters. The maximum absolute atomic E-state index is 11.8. The number of nitrogens with one attached hydrogen (secondary N) is 1. The van der Waals surface area contributed by atoms with Gasteiger partial charge in [0.2, 0.25) is 5.91 Å². The maximum atomic E-state index is 11.8. The Bertz CT molecular complexity index is 211. The van der Waals surface area contributed by atoms with E-state index in [0.29, 0.717) is 17.7 Å². The van der Waals surface area contributed by atoms with E-state index >= 15 is 0 Å². The Labute approximate surface area is 110 Å². The van der Waals surface area contributed by atoms with Gasteiger partial charge in [-0.15, -0.1) is 0 Å². The van der Waals surface area contributed by atoms with E-state index in [0.717, 1.165) is 25.4 Å². The predicted molar refractivity (Wildman–Crippen MR) is 75.5 cm³/mol. The van der Waals surface area contributed by atoms with Crippen LogP contribution in [0, 0.1) is 0 Å². The van der Waals surface area contributed by atoms with Crippen LogP contribution in [0.25, 0.3) is 0 Å². The third-order valence-corrected chi connectivity index (χ3v) is 4.22. The first kappa shape index (κ1) is 14.8. The van der Waals surface area contributed by atoms with Crippen molar-refractivity contribution in [1.82, 2.24) is 10.2 Å². The molecule has 0 aromatic heterocycles. The lowest BCUT2D eigenvalue weighted by molar-refractivity contribution is -0.127. The summed E-state index contributed by atoms with van der Waals surface area (Å²) in [5.74, 6) is 2.05. The molecule has 0 spiro atoms. The minimum atomic E-state index is 0.333. The normalized spacial score (nSPS) is 17.4. The highest BCUT2D eigenvalue weighted by atomic mass is 32.2. The molecule has 1 N–H and O–H groups in total. The molecule has 100 valence electrons. The highest BCUT2D eigenvalue weighted by molar-refractivity contribution is 7.99. The van der Waals surface area contributed by atoms with Crippen molar-refractivity contribution in [3.63, 3.8) is 0 Å². The second-order valence-electron chi connectivity index (χ2n) is 4.65. The molecule has 0 saturated carbocycles. The highest BCUT2D eigenvalue weighted by Crippen LogP contribution is 2.12. The van der Waals surface area contributed by atoms with Crippen LogP contribution >= 0.6 is 11.8 Å². The number of hydrogen-bond donors (Lipinski definition) is 1. The fourth-order valence-electron chi connectivity index (χ4n) is 2.23. The Morgan fingerprint density at radius 2 is 2.06 bits per heavy atom. The molecule has 0 aliphatic carbocycles. The van der Waals surface area contributed by atoms with E-state index in [1.54, 1.807) is 11.8 Å². The van der Waals surface area contributed by atoms with Crippen LogP contribution in [0.3, 0.4) is 0 Å². The molecule has 3 nitrogen and oxygen atoms in total. The van der Waals surface area contributed by atoms with E-state index < -0.39 is 0 Å². The molecule has 1 rings (SSSR count). The smallest absolute Gasteiger partial charge is 0.232 e. The predicted octanol–water partition coefficient (Wildman–Crippen LogP) is 2.12. The number of amides is 1. The van der Waals surface area contributed by atoms with Gasteiger partial charge in [-0.25, -0.2) is 0 Å². The number of carbonyl (C=O) groups excluding carboxylic acids is 1. The Balaban J connectivity index is 2.13. The van der Waals surface area contributed by atoms with Crippen molar-refractivity contribution in [2.24, 2.45) is 0 Å². The van der Waals surface area contributed by atoms with E-state index in [-0.39, 0.29) is 0 Å². The topological polar surface area (TPSA) is 32.3 Å². The molecular formula is C13H26N2OS. The number of nitrogens with zero attached hydrogens (tertiary/aromatic N) is 1. The van der Waals surface area contributed by atoms with Crippen LogP contribution in [-0.4, -0.2) is 48.0 Å². The van der Waals surface area contributed by atoms with Crippen LogP contribution < -0.4 is 5.32 Å². The third-order valence-electron chi connectivity index (χ3n) is 3.13. The van der Waals surface area contributed by atoms with E-state index in [9.17, 15) is 4.79 Å². The van der Waals surface area contributed by atoms with Crippen molar-refractivity contribution in [3.8, 4) is 0 Å². The Kier molecular flexibility index (Phi) is 7.69. The van der Waals surface area contributed by atoms with Crippen LogP contribution in [0.2, 0.25) is 0 Å². The van der Waals surface area contributed by atoms with Crippen LogP contribution in [0.15, 0.2) is 0 Å². The summed E-state index contributed by atoms with van der Waals surface area (Å²) in [7, 11) is 0. The number of hydrogen-bond acceptors (Lipinski definition) is 3. The minimum Gasteiger partial charge on any atom is -0.342 e. The fraction of sp³-hybridized carbons (Fsp3) is 0.923. The monoisotopic (exact) mass is 258 g/mol. The van der Waals surface area contributed by atoms with Crippen molar-refractivity contribution in [3.05, 3.63) is 0 Å². The Morgan fingerprint density at radius 1 is 1.35 bits per heavy atom. The van der Waals surface area contributed by atoms with Crippen LogP contribution in [0.4, 0.5) is 0 Å². The van der Waals surface area contributed by atoms with E-state index in [1.165, 1.54) is 25.7 Å². The van der Waals surface area contributed by atoms with Gasteiger partial charge < -0.3 is 10.2 Å². The van der Waals surface area contributed by atoms with Crippen molar-refractivity contribution < 1.29 is 4.79 Å². The molecule has 0 aromatic carbocycles. The molecule has 0 radical (unpaired) electrons. The van der Waals surface area contributed by atoms with Crippen LogP contribution in [0.1, 0.15) is 39.5 Å². The van der Waals surface area contributed by atoms with Crippen LogP contribution in [-0.2, 0) is 4.79 Å². The van der Waals surface area contributed by atoms with Crippen molar-refractivity contribution in [2.45, 2.75) is 45.6 Å². The molecule has 17 heavy (non-hydrogen) atoms. The van der Waals surface area contributed by atoms with Crippen molar-refractivity contribution in [2.75, 3.05) is 31.1 Å². The van der Waals surface area contributed by atoms with Crippen molar-refractivity contribution >= 4 is 17.7 Å². The fourth-order valence-corrected chi connectivity index (χ4v) is 3.27. The van der Waals surface area contributed by atoms with Crippen molar-refractivity contribution in [1.29, 1.82) is 0 Å². The lowest BCUT2D eigenvalue weighted by Crippen LogP contribution is -2.33. The van der Waals surface area contributed by atoms with Gasteiger partial charge in [0.05, 0.1) is 5.75 Å². The summed E-state index contributed by atoms with van der Waals surface area (Å²) in [5.41, 5.74) is 0. The van der Waals surface area contributed by atoms with Gasteiger partial charge in [0.25, 0.3) is 0 Å². The first-order valence-electron chi connectivity index (χ1n) is 6.86. The van der Waals surface area contributed by atoms with Gasteiger partial charge >= 0.3 is 0 Å². The van der Waals surface area contributed by atoms with E-state index in [4.69, 9.17) is 0 Å². The summed E-state index contributed by atoms with van der Waals surface area (Å²) in [6, 6.07) is 0.571. The first-order chi connectivity index (χ1) is 8.27. The summed E-state index contributed by atoms with van der Waals surface area (Å²) < 4.78 is 0. The molecule has 1 aliphatic heterocycles. The lowest BCUT2D eigenvalue weighted by atomic mass is 10.2. The molecule has 0 aromatic rings. The standard InChI is InChI=1S/C13H26N2OS/c1-3-7-12(14-4-2)10-17-11-13(16)15-8-5-6-9-15/h12,14H,3-11H2,1-2H3. The molecule has 1 heterocycles. The number of rotatable bonds is 8. The molecule has 4 heteroatoms. The molecule has 1 fully saturated rings. The highest BCUT2D eigenvalue weighted by Gasteiger charge is 2.17. The van der Waals surface area contributed by atoms with Crippen LogP contribution in [0.5, 0.6) is 0 Å². The van der Waals surface area contributed by atoms with E-state index in [2.05, 4.69) is 19.2 Å². The summed E-state index contributed by atoms with van der Waals surface area (Å²) in [6.45, 7) is 7.33. The summed E-state index contributed by atoms with van der Waals surface area (Å²) >= 11 is 1.78. The summed E-state index contributed by atoms with van der Waals surface area (Å²) in [4.78, 5) is 13.8. The number of carbonyl (C=O) groups is 1. The first-order valence-corrected chi connectivity index (χ1v) is 8.02. The zero-order valence-electron chi connectivity index (χ0n) is 11.2. The molecule has 1 amide bonds. The maximum Gasteiger partial charge on any atom is 0.232 e. The quantitative estimate of drug-likeness (QED) is 0.724. The third kappa shape index (κ3) is 5.77. The Morgan fingerprint density at radius 3 is 2.65 bits per heavy atom. The Hall–Kier alpha value is -0.220. The second-order valence-corrected chi connectivity index (χ2v) is 5.68. The van der Waals surface area contributed by atoms with Gasteiger partial charge in [-0.1, -0.05) is 20.3 Å². The second kappa shape index (κ2) is 8.81. The zero-order chi connectivity index (χ0) is 12.5. The summed E-state index contributed by atoms with van der Waals surface area (Å²) in [5, 5.41) is 3.48. The molecule has 0 bridgehead atoms. The van der Waals surface area contributed by atoms with E-state index in [1.807, 2.05) is 4.90 Å². The SMILES string of the molecule is CCCC(CSCC(=O)N1CCCC1)NCC. The average molecular weight is 258 g/mol. The molecule has 1 aliphatic rings. The lowest BCUT2D eigenvalue weighted by Gasteiger charge is -2.18. The molecule has 1 unspecified atom stereocenters. The number of thioether (sulfide) groups is 1. The largest absolute Gasteiger partial charge is 0.342 e. The average Bonchev–Trinajstić information content (AvgIpc) is 2.83. The van der Waals surface area contributed by atoms with Gasteiger partial charge in [0, 0.05) is 24.9 Å². The van der Waals surface area contributed by atoms with Gasteiger partial charge in [-0.05, 0) is 25.8 Å². The molecular weight excluding hydrogens is 232 g/mol. The van der Waals surface area contributed by atoms with Gasteiger partial charge in [-0.3, -0.25) is 4.79 Å². The number of likely N-dealkylation sites (tertiary alicyclic amines) is 1. The minimum absolute atomic E-state index is 0.333. The molecule has 1 saturated heterocycles. The van der Waals surface area contributed by atoms with Gasteiger partial charge in [0.15, 0.2) is 0 Å². The zero-order valence-corrected chi connectivity index (χ0v) is 12.0.